The van der Waals surface area contributed by atoms with E-state index in [4.69, 9.17) is 4.74 Å². The number of hydrogen-bond acceptors (Lipinski definition) is 5. The third-order valence-corrected chi connectivity index (χ3v) is 4.21. The van der Waals surface area contributed by atoms with E-state index in [-0.39, 0.29) is 24.1 Å². The molecule has 2 aromatic rings. The monoisotopic (exact) mass is 344 g/mol. The summed E-state index contributed by atoms with van der Waals surface area (Å²) >= 11 is 0. The minimum Gasteiger partial charge on any atom is -0.450 e. The van der Waals surface area contributed by atoms with Crippen molar-refractivity contribution in [2.24, 2.45) is 0 Å². The second-order valence-electron chi connectivity index (χ2n) is 5.76. The van der Waals surface area contributed by atoms with Crippen LogP contribution in [-0.2, 0) is 16.1 Å². The molecule has 25 heavy (non-hydrogen) atoms. The molecule has 1 fully saturated rings. The number of hydrogen-bond donors (Lipinski definition) is 0. The fourth-order valence-corrected chi connectivity index (χ4v) is 2.82. The van der Waals surface area contributed by atoms with Crippen LogP contribution in [0, 0.1) is 0 Å². The van der Waals surface area contributed by atoms with Gasteiger partial charge in [0.05, 0.1) is 18.2 Å². The van der Waals surface area contributed by atoms with Crippen LogP contribution in [0.4, 0.5) is 4.79 Å². The van der Waals surface area contributed by atoms with Gasteiger partial charge in [-0.1, -0.05) is 18.2 Å². The molecule has 0 saturated carbocycles. The average Bonchev–Trinajstić information content (AvgIpc) is 2.64. The van der Waals surface area contributed by atoms with Gasteiger partial charge >= 0.3 is 6.09 Å². The van der Waals surface area contributed by atoms with Gasteiger partial charge in [0.15, 0.2) is 0 Å². The van der Waals surface area contributed by atoms with E-state index in [2.05, 4.69) is 5.10 Å². The van der Waals surface area contributed by atoms with E-state index in [0.717, 1.165) is 5.39 Å². The molecule has 3 rings (SSSR count). The fourth-order valence-electron chi connectivity index (χ4n) is 2.82. The number of rotatable bonds is 3. The van der Waals surface area contributed by atoms with Crippen LogP contribution in [0.15, 0.2) is 35.3 Å². The lowest BCUT2D eigenvalue weighted by Gasteiger charge is -2.34. The molecule has 8 heteroatoms. The summed E-state index contributed by atoms with van der Waals surface area (Å²) in [5.74, 6) is -0.187. The first-order valence-corrected chi connectivity index (χ1v) is 8.24. The number of aromatic nitrogens is 2. The number of benzene rings is 1. The maximum Gasteiger partial charge on any atom is 0.409 e. The van der Waals surface area contributed by atoms with Gasteiger partial charge in [0, 0.05) is 31.6 Å². The van der Waals surface area contributed by atoms with Crippen LogP contribution in [0.2, 0.25) is 0 Å². The Hall–Kier alpha value is -2.90. The predicted molar refractivity (Wildman–Crippen MR) is 91.2 cm³/mol. The van der Waals surface area contributed by atoms with Crippen molar-refractivity contribution in [3.63, 3.8) is 0 Å². The van der Waals surface area contributed by atoms with E-state index in [9.17, 15) is 14.4 Å². The second kappa shape index (κ2) is 7.33. The number of fused-ring (bicyclic) bond motifs is 1. The number of ether oxygens (including phenoxy) is 1. The number of carbonyl (C=O) groups excluding carboxylic acids is 2. The van der Waals surface area contributed by atoms with Gasteiger partial charge in [-0.2, -0.15) is 5.10 Å². The van der Waals surface area contributed by atoms with E-state index < -0.39 is 0 Å². The highest BCUT2D eigenvalue weighted by Crippen LogP contribution is 2.08. The molecule has 1 aliphatic heterocycles. The number of carbonyl (C=O) groups is 2. The van der Waals surface area contributed by atoms with Crippen molar-refractivity contribution >= 4 is 22.8 Å². The van der Waals surface area contributed by atoms with Gasteiger partial charge in [-0.25, -0.2) is 9.48 Å². The zero-order valence-electron chi connectivity index (χ0n) is 14.1. The minimum absolute atomic E-state index is 0.108. The third kappa shape index (κ3) is 3.62. The molecular weight excluding hydrogens is 324 g/mol. The average molecular weight is 344 g/mol. The van der Waals surface area contributed by atoms with Crippen LogP contribution in [0.1, 0.15) is 6.92 Å². The van der Waals surface area contributed by atoms with E-state index in [0.29, 0.717) is 38.2 Å². The summed E-state index contributed by atoms with van der Waals surface area (Å²) in [7, 11) is 0. The lowest BCUT2D eigenvalue weighted by molar-refractivity contribution is -0.133. The van der Waals surface area contributed by atoms with Crippen molar-refractivity contribution in [3.8, 4) is 0 Å². The molecule has 8 nitrogen and oxygen atoms in total. The molecule has 1 aromatic heterocycles. The standard InChI is InChI=1S/C17H20N4O4/c1-2-25-17(24)20-9-7-19(8-10-20)15(22)12-21-16(23)14-6-4-3-5-13(14)11-18-21/h3-6,11H,2,7-10,12H2,1H3. The first-order chi connectivity index (χ1) is 12.1. The van der Waals surface area contributed by atoms with Crippen molar-refractivity contribution in [1.82, 2.24) is 19.6 Å². The van der Waals surface area contributed by atoms with E-state index in [1.54, 1.807) is 35.1 Å². The molecule has 0 unspecified atom stereocenters. The zero-order chi connectivity index (χ0) is 17.8. The van der Waals surface area contributed by atoms with Crippen LogP contribution in [-0.4, -0.2) is 64.4 Å². The Morgan fingerprint density at radius 3 is 2.52 bits per heavy atom. The van der Waals surface area contributed by atoms with E-state index in [1.165, 1.54) is 4.68 Å². The Morgan fingerprint density at radius 1 is 1.12 bits per heavy atom. The first-order valence-electron chi connectivity index (χ1n) is 8.24. The molecule has 0 bridgehead atoms. The van der Waals surface area contributed by atoms with E-state index in [1.807, 2.05) is 12.1 Å². The number of piperazine rings is 1. The Balaban J connectivity index is 1.65. The molecule has 2 heterocycles. The number of nitrogens with zero attached hydrogens (tertiary/aromatic N) is 4. The summed E-state index contributed by atoms with van der Waals surface area (Å²) in [5.41, 5.74) is -0.281. The lowest BCUT2D eigenvalue weighted by Crippen LogP contribution is -2.51. The van der Waals surface area contributed by atoms with Crippen molar-refractivity contribution in [1.29, 1.82) is 0 Å². The molecule has 1 saturated heterocycles. The minimum atomic E-state index is -0.359. The molecule has 0 atom stereocenters. The van der Waals surface area contributed by atoms with Crippen LogP contribution < -0.4 is 5.56 Å². The van der Waals surface area contributed by atoms with Gasteiger partial charge in [-0.3, -0.25) is 9.59 Å². The Bertz CT molecular complexity index is 840. The van der Waals surface area contributed by atoms with Crippen LogP contribution in [0.5, 0.6) is 0 Å². The second-order valence-corrected chi connectivity index (χ2v) is 5.76. The lowest BCUT2D eigenvalue weighted by atomic mass is 10.2. The van der Waals surface area contributed by atoms with Gasteiger partial charge in [0.25, 0.3) is 5.56 Å². The highest BCUT2D eigenvalue weighted by atomic mass is 16.6. The maximum atomic E-state index is 12.4. The summed E-state index contributed by atoms with van der Waals surface area (Å²) < 4.78 is 6.14. The van der Waals surface area contributed by atoms with Gasteiger partial charge in [0.2, 0.25) is 5.91 Å². The van der Waals surface area contributed by atoms with Crippen LogP contribution >= 0.6 is 0 Å². The molecule has 2 amide bonds. The van der Waals surface area contributed by atoms with E-state index >= 15 is 0 Å². The molecule has 0 N–H and O–H groups in total. The van der Waals surface area contributed by atoms with Gasteiger partial charge in [-0.05, 0) is 13.0 Å². The Morgan fingerprint density at radius 2 is 1.80 bits per heavy atom. The summed E-state index contributed by atoms with van der Waals surface area (Å²) in [4.78, 5) is 39.8. The third-order valence-electron chi connectivity index (χ3n) is 4.21. The molecule has 132 valence electrons. The van der Waals surface area contributed by atoms with Gasteiger partial charge in [-0.15, -0.1) is 0 Å². The van der Waals surface area contributed by atoms with Crippen molar-refractivity contribution in [3.05, 3.63) is 40.8 Å². The quantitative estimate of drug-likeness (QED) is 0.818. The largest absolute Gasteiger partial charge is 0.450 e. The summed E-state index contributed by atoms with van der Waals surface area (Å²) in [6.45, 7) is 3.65. The molecular formula is C17H20N4O4. The SMILES string of the molecule is CCOC(=O)N1CCN(C(=O)Cn2ncc3ccccc3c2=O)CC1. The Labute approximate surface area is 144 Å². The fraction of sp³-hybridized carbons (Fsp3) is 0.412. The van der Waals surface area contributed by atoms with Gasteiger partial charge in [0.1, 0.15) is 6.54 Å². The highest BCUT2D eigenvalue weighted by Gasteiger charge is 2.25. The van der Waals surface area contributed by atoms with Crippen molar-refractivity contribution in [2.75, 3.05) is 32.8 Å². The molecule has 1 aromatic carbocycles. The molecule has 1 aliphatic rings. The normalized spacial score (nSPS) is 14.6. The Kier molecular flexibility index (Phi) is 4.97. The number of amides is 2. The van der Waals surface area contributed by atoms with Gasteiger partial charge < -0.3 is 14.5 Å². The van der Waals surface area contributed by atoms with Crippen LogP contribution in [0.25, 0.3) is 10.8 Å². The van der Waals surface area contributed by atoms with Crippen molar-refractivity contribution in [2.45, 2.75) is 13.5 Å². The predicted octanol–water partition coefficient (Wildman–Crippen LogP) is 0.697. The molecule has 0 aliphatic carbocycles. The maximum absolute atomic E-state index is 12.4. The summed E-state index contributed by atoms with van der Waals surface area (Å²) in [6, 6.07) is 7.15. The molecule has 0 radical (unpaired) electrons. The topological polar surface area (TPSA) is 84.7 Å². The van der Waals surface area contributed by atoms with Crippen LogP contribution in [0.3, 0.4) is 0 Å². The highest BCUT2D eigenvalue weighted by molar-refractivity contribution is 5.81. The van der Waals surface area contributed by atoms with Crippen molar-refractivity contribution < 1.29 is 14.3 Å². The summed E-state index contributed by atoms with van der Waals surface area (Å²) in [6.07, 6.45) is 1.23. The first kappa shape index (κ1) is 16.9. The molecule has 0 spiro atoms. The smallest absolute Gasteiger partial charge is 0.409 e. The summed E-state index contributed by atoms with van der Waals surface area (Å²) in [5, 5.41) is 5.37. The zero-order valence-corrected chi connectivity index (χ0v) is 14.1.